The number of halogens is 1. The maximum atomic E-state index is 12.3. The van der Waals surface area contributed by atoms with Crippen molar-refractivity contribution in [2.45, 2.75) is 13.5 Å². The fourth-order valence-electron chi connectivity index (χ4n) is 2.45. The van der Waals surface area contributed by atoms with Crippen molar-refractivity contribution in [1.82, 2.24) is 4.90 Å². The van der Waals surface area contributed by atoms with Gasteiger partial charge in [-0.25, -0.2) is 0 Å². The number of rotatable bonds is 6. The van der Waals surface area contributed by atoms with Crippen LogP contribution in [-0.4, -0.2) is 32.1 Å². The monoisotopic (exact) mass is 359 g/mol. The number of ether oxygens (including phenoxy) is 2. The van der Waals surface area contributed by atoms with Gasteiger partial charge in [-0.3, -0.25) is 4.79 Å². The zero-order valence-electron chi connectivity index (χ0n) is 14.9. The molecule has 0 spiro atoms. The summed E-state index contributed by atoms with van der Waals surface area (Å²) in [5.41, 5.74) is 3.05. The summed E-state index contributed by atoms with van der Waals surface area (Å²) in [6.07, 6.45) is 3.24. The van der Waals surface area contributed by atoms with Gasteiger partial charge in [-0.2, -0.15) is 0 Å². The summed E-state index contributed by atoms with van der Waals surface area (Å²) in [4.78, 5) is 14.0. The van der Waals surface area contributed by atoms with Crippen LogP contribution in [0.4, 0.5) is 0 Å². The normalized spacial score (nSPS) is 10.8. The molecule has 1 amide bonds. The van der Waals surface area contributed by atoms with Crippen LogP contribution in [0.3, 0.4) is 0 Å². The molecule has 0 fully saturated rings. The van der Waals surface area contributed by atoms with Crippen LogP contribution >= 0.6 is 11.6 Å². The third-order valence-electron chi connectivity index (χ3n) is 3.92. The molecule has 0 aromatic heterocycles. The Morgan fingerprint density at radius 3 is 2.56 bits per heavy atom. The second kappa shape index (κ2) is 8.58. The first-order chi connectivity index (χ1) is 12.0. The average Bonchev–Trinajstić information content (AvgIpc) is 2.60. The summed E-state index contributed by atoms with van der Waals surface area (Å²) >= 11 is 6.18. The standard InChI is InChI=1S/C20H22ClNO3/c1-14-7-5-6-8-16(14)13-22(2)19(23)10-9-15-11-17(21)20(25-4)18(12-15)24-3/h5-12H,13H2,1-4H3/b10-9+. The molecule has 25 heavy (non-hydrogen) atoms. The van der Waals surface area contributed by atoms with Crippen molar-refractivity contribution in [2.75, 3.05) is 21.3 Å². The molecule has 2 aromatic rings. The maximum absolute atomic E-state index is 12.3. The van der Waals surface area contributed by atoms with Gasteiger partial charge in [0.05, 0.1) is 19.2 Å². The van der Waals surface area contributed by atoms with E-state index in [-0.39, 0.29) is 5.91 Å². The molecule has 0 atom stereocenters. The van der Waals surface area contributed by atoms with Crippen molar-refractivity contribution >= 4 is 23.6 Å². The van der Waals surface area contributed by atoms with E-state index in [1.54, 1.807) is 37.3 Å². The molecule has 0 unspecified atom stereocenters. The van der Waals surface area contributed by atoms with E-state index in [2.05, 4.69) is 0 Å². The summed E-state index contributed by atoms with van der Waals surface area (Å²) in [5, 5.41) is 0.433. The highest BCUT2D eigenvalue weighted by molar-refractivity contribution is 6.32. The molecule has 0 saturated heterocycles. The van der Waals surface area contributed by atoms with E-state index in [9.17, 15) is 4.79 Å². The van der Waals surface area contributed by atoms with Crippen LogP contribution in [0.5, 0.6) is 11.5 Å². The Labute approximate surface area is 153 Å². The van der Waals surface area contributed by atoms with Crippen molar-refractivity contribution in [1.29, 1.82) is 0 Å². The van der Waals surface area contributed by atoms with Crippen LogP contribution < -0.4 is 9.47 Å². The number of benzene rings is 2. The van der Waals surface area contributed by atoms with E-state index in [1.807, 2.05) is 31.2 Å². The Bertz CT molecular complexity index is 787. The molecule has 0 N–H and O–H groups in total. The smallest absolute Gasteiger partial charge is 0.246 e. The van der Waals surface area contributed by atoms with E-state index in [0.717, 1.165) is 16.7 Å². The lowest BCUT2D eigenvalue weighted by Gasteiger charge is -2.16. The number of carbonyl (C=O) groups excluding carboxylic acids is 1. The molecule has 0 aliphatic heterocycles. The molecule has 5 heteroatoms. The zero-order chi connectivity index (χ0) is 18.4. The molecule has 0 heterocycles. The van der Waals surface area contributed by atoms with E-state index in [1.165, 1.54) is 13.2 Å². The van der Waals surface area contributed by atoms with Crippen LogP contribution in [0.15, 0.2) is 42.5 Å². The number of likely N-dealkylation sites (N-methyl/N-ethyl adjacent to an activating group) is 1. The third-order valence-corrected chi connectivity index (χ3v) is 4.20. The molecule has 2 rings (SSSR count). The fraction of sp³-hybridized carbons (Fsp3) is 0.250. The molecular weight excluding hydrogens is 338 g/mol. The molecular formula is C20H22ClNO3. The number of carbonyl (C=O) groups is 1. The van der Waals surface area contributed by atoms with Crippen LogP contribution in [0.2, 0.25) is 5.02 Å². The molecule has 0 bridgehead atoms. The number of amides is 1. The summed E-state index contributed by atoms with van der Waals surface area (Å²) in [6, 6.07) is 11.5. The summed E-state index contributed by atoms with van der Waals surface area (Å²) in [5.74, 6) is 0.911. The fourth-order valence-corrected chi connectivity index (χ4v) is 2.75. The summed E-state index contributed by atoms with van der Waals surface area (Å²) in [6.45, 7) is 2.59. The lowest BCUT2D eigenvalue weighted by Crippen LogP contribution is -2.24. The van der Waals surface area contributed by atoms with E-state index >= 15 is 0 Å². The van der Waals surface area contributed by atoms with E-state index < -0.39 is 0 Å². The van der Waals surface area contributed by atoms with Crippen LogP contribution in [0.1, 0.15) is 16.7 Å². The first-order valence-electron chi connectivity index (χ1n) is 7.85. The Morgan fingerprint density at radius 1 is 1.20 bits per heavy atom. The van der Waals surface area contributed by atoms with E-state index in [0.29, 0.717) is 23.1 Å². The van der Waals surface area contributed by atoms with E-state index in [4.69, 9.17) is 21.1 Å². The Hall–Kier alpha value is -2.46. The quantitative estimate of drug-likeness (QED) is 0.720. The van der Waals surface area contributed by atoms with Gasteiger partial charge in [0.15, 0.2) is 11.5 Å². The van der Waals surface area contributed by atoms with Gasteiger partial charge in [0.25, 0.3) is 0 Å². The highest BCUT2D eigenvalue weighted by Gasteiger charge is 2.11. The van der Waals surface area contributed by atoms with Crippen molar-refractivity contribution in [2.24, 2.45) is 0 Å². The minimum Gasteiger partial charge on any atom is -0.493 e. The van der Waals surface area contributed by atoms with Crippen LogP contribution in [-0.2, 0) is 11.3 Å². The SMILES string of the molecule is COc1cc(/C=C/C(=O)N(C)Cc2ccccc2C)cc(Cl)c1OC. The minimum absolute atomic E-state index is 0.0887. The Morgan fingerprint density at radius 2 is 1.92 bits per heavy atom. The molecule has 132 valence electrons. The largest absolute Gasteiger partial charge is 0.493 e. The molecule has 0 saturated carbocycles. The number of nitrogens with zero attached hydrogens (tertiary/aromatic N) is 1. The first kappa shape index (κ1) is 18.9. The zero-order valence-corrected chi connectivity index (χ0v) is 15.6. The molecule has 0 aliphatic rings. The van der Waals surface area contributed by atoms with Crippen molar-refractivity contribution in [3.8, 4) is 11.5 Å². The van der Waals surface area contributed by atoms with Crippen LogP contribution in [0.25, 0.3) is 6.08 Å². The lowest BCUT2D eigenvalue weighted by atomic mass is 10.1. The summed E-state index contributed by atoms with van der Waals surface area (Å²) in [7, 11) is 4.85. The number of methoxy groups -OCH3 is 2. The van der Waals surface area contributed by atoms with Gasteiger partial charge in [-0.1, -0.05) is 35.9 Å². The van der Waals surface area contributed by atoms with Gasteiger partial charge in [-0.05, 0) is 41.8 Å². The average molecular weight is 360 g/mol. The first-order valence-corrected chi connectivity index (χ1v) is 8.23. The van der Waals surface area contributed by atoms with Crippen molar-refractivity contribution < 1.29 is 14.3 Å². The Balaban J connectivity index is 2.12. The van der Waals surface area contributed by atoms with Gasteiger partial charge in [-0.15, -0.1) is 0 Å². The summed E-state index contributed by atoms with van der Waals surface area (Å²) < 4.78 is 10.5. The topological polar surface area (TPSA) is 38.8 Å². The predicted molar refractivity (Wildman–Crippen MR) is 101 cm³/mol. The maximum Gasteiger partial charge on any atom is 0.246 e. The number of hydrogen-bond donors (Lipinski definition) is 0. The van der Waals surface area contributed by atoms with Crippen molar-refractivity contribution in [3.63, 3.8) is 0 Å². The molecule has 0 aliphatic carbocycles. The minimum atomic E-state index is -0.0887. The van der Waals surface area contributed by atoms with Gasteiger partial charge >= 0.3 is 0 Å². The van der Waals surface area contributed by atoms with Gasteiger partial charge in [0.1, 0.15) is 0 Å². The van der Waals surface area contributed by atoms with Gasteiger partial charge < -0.3 is 14.4 Å². The molecule has 2 aromatic carbocycles. The second-order valence-corrected chi connectivity index (χ2v) is 6.10. The highest BCUT2D eigenvalue weighted by atomic mass is 35.5. The van der Waals surface area contributed by atoms with Gasteiger partial charge in [0, 0.05) is 19.7 Å². The second-order valence-electron chi connectivity index (χ2n) is 5.69. The number of aryl methyl sites for hydroxylation is 1. The highest BCUT2D eigenvalue weighted by Crippen LogP contribution is 2.36. The molecule has 4 nitrogen and oxygen atoms in total. The Kier molecular flexibility index (Phi) is 6.48. The lowest BCUT2D eigenvalue weighted by molar-refractivity contribution is -0.125. The third kappa shape index (κ3) is 4.77. The van der Waals surface area contributed by atoms with Crippen LogP contribution in [0, 0.1) is 6.92 Å². The molecule has 0 radical (unpaired) electrons. The van der Waals surface area contributed by atoms with Crippen molar-refractivity contribution in [3.05, 3.63) is 64.2 Å². The van der Waals surface area contributed by atoms with Gasteiger partial charge in [0.2, 0.25) is 5.91 Å². The predicted octanol–water partition coefficient (Wildman–Crippen LogP) is 4.34. The number of hydrogen-bond acceptors (Lipinski definition) is 3.